The number of carbonyl (C=O) groups excluding carboxylic acids is 1. The fourth-order valence-corrected chi connectivity index (χ4v) is 3.97. The molecule has 1 fully saturated rings. The molecule has 1 aliphatic heterocycles. The maximum absolute atomic E-state index is 13.5. The summed E-state index contributed by atoms with van der Waals surface area (Å²) in [5.74, 6) is 0.867. The van der Waals surface area contributed by atoms with Crippen LogP contribution < -0.4 is 4.74 Å². The van der Waals surface area contributed by atoms with Crippen molar-refractivity contribution in [3.8, 4) is 5.75 Å². The Morgan fingerprint density at radius 3 is 2.97 bits per heavy atom. The van der Waals surface area contributed by atoms with Crippen LogP contribution in [0.5, 0.6) is 5.75 Å². The van der Waals surface area contributed by atoms with Gasteiger partial charge in [0.2, 0.25) is 5.91 Å². The average molecular weight is 415 g/mol. The summed E-state index contributed by atoms with van der Waals surface area (Å²) < 4.78 is 33.3. The van der Waals surface area contributed by atoms with Crippen molar-refractivity contribution in [2.24, 2.45) is 0 Å². The lowest BCUT2D eigenvalue weighted by Gasteiger charge is -2.32. The van der Waals surface area contributed by atoms with Crippen molar-refractivity contribution in [3.05, 3.63) is 53.6 Å². The molecule has 9 heteroatoms. The lowest BCUT2D eigenvalue weighted by atomic mass is 9.93. The summed E-state index contributed by atoms with van der Waals surface area (Å²) in [5.41, 5.74) is 1.29. The molecule has 1 saturated heterocycles. The summed E-state index contributed by atoms with van der Waals surface area (Å²) in [5, 5.41) is 3.82. The quantitative estimate of drug-likeness (QED) is 0.617. The third-order valence-electron chi connectivity index (χ3n) is 5.52. The van der Waals surface area contributed by atoms with Gasteiger partial charge in [0.25, 0.3) is 12.2 Å². The normalized spacial score (nSPS) is 16.9. The van der Waals surface area contributed by atoms with Gasteiger partial charge in [0.1, 0.15) is 17.8 Å². The van der Waals surface area contributed by atoms with E-state index in [1.54, 1.807) is 12.0 Å². The predicted octanol–water partition coefficient (Wildman–Crippen LogP) is 3.41. The molecule has 30 heavy (non-hydrogen) atoms. The highest BCUT2D eigenvalue weighted by atomic mass is 19.3. The number of alkyl halides is 2. The Morgan fingerprint density at radius 1 is 1.33 bits per heavy atom. The van der Waals surface area contributed by atoms with Crippen molar-refractivity contribution < 1.29 is 18.3 Å². The van der Waals surface area contributed by atoms with E-state index in [1.165, 1.54) is 12.4 Å². The second kappa shape index (κ2) is 8.73. The molecule has 0 N–H and O–H groups in total. The minimum absolute atomic E-state index is 0.0447. The van der Waals surface area contributed by atoms with Gasteiger partial charge in [0, 0.05) is 25.4 Å². The number of hydrogen-bond acceptors (Lipinski definition) is 5. The Bertz CT molecular complexity index is 1040. The van der Waals surface area contributed by atoms with E-state index in [9.17, 15) is 13.6 Å². The molecule has 7 nitrogen and oxygen atoms in total. The number of nitrogens with zero attached hydrogens (tertiary/aromatic N) is 5. The van der Waals surface area contributed by atoms with Crippen LogP contribution in [0, 0.1) is 0 Å². The third kappa shape index (κ3) is 4.10. The van der Waals surface area contributed by atoms with E-state index >= 15 is 0 Å². The summed E-state index contributed by atoms with van der Waals surface area (Å²) in [6.07, 6.45) is 1.07. The Kier molecular flexibility index (Phi) is 5.87. The number of carbonyl (C=O) groups is 1. The number of aryl methyl sites for hydroxylation is 1. The van der Waals surface area contributed by atoms with E-state index in [0.29, 0.717) is 31.6 Å². The number of benzene rings is 1. The number of fused-ring (bicyclic) bond motifs is 1. The highest BCUT2D eigenvalue weighted by Gasteiger charge is 2.27. The molecule has 0 bridgehead atoms. The second-order valence-corrected chi connectivity index (χ2v) is 7.37. The number of rotatable bonds is 6. The molecule has 3 heterocycles. The van der Waals surface area contributed by atoms with Gasteiger partial charge in [-0.1, -0.05) is 18.2 Å². The highest BCUT2D eigenvalue weighted by Crippen LogP contribution is 2.29. The van der Waals surface area contributed by atoms with E-state index in [0.717, 1.165) is 28.7 Å². The smallest absolute Gasteiger partial charge is 0.280 e. The Morgan fingerprint density at radius 2 is 2.17 bits per heavy atom. The fraction of sp³-hybridized carbons (Fsp3) is 0.429. The summed E-state index contributed by atoms with van der Waals surface area (Å²) >= 11 is 0. The molecule has 0 spiro atoms. The summed E-state index contributed by atoms with van der Waals surface area (Å²) in [7, 11) is 1.61. The van der Waals surface area contributed by atoms with Gasteiger partial charge in [-0.05, 0) is 37.0 Å². The first-order chi connectivity index (χ1) is 14.6. The van der Waals surface area contributed by atoms with Crippen LogP contribution in [0.2, 0.25) is 0 Å². The van der Waals surface area contributed by atoms with Crippen LogP contribution in [-0.2, 0) is 11.2 Å². The van der Waals surface area contributed by atoms with Gasteiger partial charge in [0.05, 0.1) is 12.8 Å². The zero-order valence-electron chi connectivity index (χ0n) is 16.7. The Hall–Kier alpha value is -3.10. The molecular weight excluding hydrogens is 392 g/mol. The van der Waals surface area contributed by atoms with Gasteiger partial charge < -0.3 is 9.64 Å². The SMILES string of the molecule is COc1ccccc1CCC(=O)N1CCC[C@@H](c2cc(C(F)F)n3ncnc3n2)C1. The standard InChI is InChI=1S/C21H23F2N5O2/c1-30-18-7-3-2-5-14(18)8-9-19(29)27-10-4-6-15(12-27)16-11-17(20(22)23)28-21(26-16)24-13-25-28/h2-3,5,7,11,13,15,20H,4,6,8-10,12H2,1H3/t15-/m1/s1. The molecule has 0 radical (unpaired) electrons. The van der Waals surface area contributed by atoms with E-state index in [1.807, 2.05) is 24.3 Å². The first-order valence-electron chi connectivity index (χ1n) is 9.95. The molecule has 0 aliphatic carbocycles. The van der Waals surface area contributed by atoms with Crippen LogP contribution in [0.15, 0.2) is 36.7 Å². The largest absolute Gasteiger partial charge is 0.496 e. The number of likely N-dealkylation sites (tertiary alicyclic amines) is 1. The number of halogens is 2. The van der Waals surface area contributed by atoms with Gasteiger partial charge in [-0.3, -0.25) is 4.79 Å². The number of piperidine rings is 1. The van der Waals surface area contributed by atoms with Crippen molar-refractivity contribution in [1.82, 2.24) is 24.5 Å². The Balaban J connectivity index is 1.47. The number of amides is 1. The van der Waals surface area contributed by atoms with E-state index in [2.05, 4.69) is 15.1 Å². The number of para-hydroxylation sites is 1. The topological polar surface area (TPSA) is 72.6 Å². The molecule has 1 aromatic carbocycles. The Labute approximate surface area is 172 Å². The van der Waals surface area contributed by atoms with Crippen molar-refractivity contribution in [3.63, 3.8) is 0 Å². The molecule has 0 unspecified atom stereocenters. The van der Waals surface area contributed by atoms with Crippen molar-refractivity contribution >= 4 is 11.7 Å². The lowest BCUT2D eigenvalue weighted by molar-refractivity contribution is -0.132. The third-order valence-corrected chi connectivity index (χ3v) is 5.52. The number of ether oxygens (including phenoxy) is 1. The zero-order valence-corrected chi connectivity index (χ0v) is 16.7. The summed E-state index contributed by atoms with van der Waals surface area (Å²) in [6.45, 7) is 1.13. The molecule has 2 aromatic heterocycles. The van der Waals surface area contributed by atoms with Gasteiger partial charge in [-0.15, -0.1) is 0 Å². The van der Waals surface area contributed by atoms with Crippen LogP contribution >= 0.6 is 0 Å². The van der Waals surface area contributed by atoms with Crippen LogP contribution in [0.3, 0.4) is 0 Å². The molecular formula is C21H23F2N5O2. The molecule has 158 valence electrons. The molecule has 3 aromatic rings. The first kappa shape index (κ1) is 20.2. The van der Waals surface area contributed by atoms with Gasteiger partial charge in [-0.2, -0.15) is 14.6 Å². The number of aromatic nitrogens is 4. The van der Waals surface area contributed by atoms with Crippen LogP contribution in [0.4, 0.5) is 8.78 Å². The predicted molar refractivity (Wildman–Crippen MR) is 106 cm³/mol. The van der Waals surface area contributed by atoms with Crippen LogP contribution in [0.1, 0.15) is 48.6 Å². The van der Waals surface area contributed by atoms with E-state index in [-0.39, 0.29) is 23.3 Å². The van der Waals surface area contributed by atoms with Gasteiger partial charge in [0.15, 0.2) is 0 Å². The minimum Gasteiger partial charge on any atom is -0.496 e. The maximum Gasteiger partial charge on any atom is 0.280 e. The van der Waals surface area contributed by atoms with E-state index < -0.39 is 6.43 Å². The van der Waals surface area contributed by atoms with Crippen LogP contribution in [0.25, 0.3) is 5.78 Å². The lowest BCUT2D eigenvalue weighted by Crippen LogP contribution is -2.39. The average Bonchev–Trinajstić information content (AvgIpc) is 3.25. The second-order valence-electron chi connectivity index (χ2n) is 7.37. The molecule has 1 atom stereocenters. The molecule has 0 saturated carbocycles. The van der Waals surface area contributed by atoms with Crippen molar-refractivity contribution in [2.45, 2.75) is 38.0 Å². The van der Waals surface area contributed by atoms with E-state index in [4.69, 9.17) is 4.74 Å². The van der Waals surface area contributed by atoms with Crippen molar-refractivity contribution in [2.75, 3.05) is 20.2 Å². The molecule has 4 rings (SSSR count). The van der Waals surface area contributed by atoms with Crippen molar-refractivity contribution in [1.29, 1.82) is 0 Å². The maximum atomic E-state index is 13.5. The zero-order chi connectivity index (χ0) is 21.1. The summed E-state index contributed by atoms with van der Waals surface area (Å²) in [4.78, 5) is 23.0. The number of hydrogen-bond donors (Lipinski definition) is 0. The highest BCUT2D eigenvalue weighted by molar-refractivity contribution is 5.76. The summed E-state index contributed by atoms with van der Waals surface area (Å²) in [6, 6.07) is 9.04. The van der Waals surface area contributed by atoms with Gasteiger partial charge in [-0.25, -0.2) is 13.8 Å². The molecule has 1 aliphatic rings. The number of methoxy groups -OCH3 is 1. The van der Waals surface area contributed by atoms with Crippen LogP contribution in [-0.4, -0.2) is 50.6 Å². The minimum atomic E-state index is -2.68. The fourth-order valence-electron chi connectivity index (χ4n) is 3.97. The first-order valence-corrected chi connectivity index (χ1v) is 9.95. The van der Waals surface area contributed by atoms with Gasteiger partial charge >= 0.3 is 0 Å². The monoisotopic (exact) mass is 415 g/mol. The molecule has 1 amide bonds.